The molecule has 0 spiro atoms. The van der Waals surface area contributed by atoms with E-state index in [1.165, 1.54) is 31.3 Å². The Kier molecular flexibility index (Phi) is 8.98. The lowest BCUT2D eigenvalue weighted by atomic mass is 9.46. The van der Waals surface area contributed by atoms with Crippen molar-refractivity contribution in [3.05, 3.63) is 17.7 Å². The number of nitrogens with zero attached hydrogens (tertiary/aromatic N) is 6. The Morgan fingerprint density at radius 3 is 2.18 bits per heavy atom. The van der Waals surface area contributed by atoms with Gasteiger partial charge in [-0.15, -0.1) is 0 Å². The number of allylic oxidation sites excluding steroid dienone is 1. The molecule has 3 saturated carbocycles. The molecular formula is C39H56N6O4. The average Bonchev–Trinajstić information content (AvgIpc) is 3.90. The van der Waals surface area contributed by atoms with Gasteiger partial charge in [-0.25, -0.2) is 0 Å². The van der Waals surface area contributed by atoms with Crippen molar-refractivity contribution in [3.63, 3.8) is 0 Å². The number of aromatic nitrogens is 2. The zero-order valence-electron chi connectivity index (χ0n) is 29.8. The monoisotopic (exact) mass is 672 g/mol. The van der Waals surface area contributed by atoms with E-state index in [0.29, 0.717) is 30.0 Å². The minimum atomic E-state index is -0.300. The second-order valence-corrected chi connectivity index (χ2v) is 16.8. The summed E-state index contributed by atoms with van der Waals surface area (Å²) in [5.41, 5.74) is 1.51. The molecule has 1 aromatic heterocycles. The first kappa shape index (κ1) is 33.2. The number of esters is 1. The van der Waals surface area contributed by atoms with Crippen molar-refractivity contribution in [2.24, 2.45) is 34.5 Å². The minimum absolute atomic E-state index is 0.0205. The van der Waals surface area contributed by atoms with Crippen LogP contribution in [0.1, 0.15) is 90.9 Å². The molecule has 10 heteroatoms. The Morgan fingerprint density at radius 1 is 0.796 bits per heavy atom. The lowest BCUT2D eigenvalue weighted by Gasteiger charge is -2.58. The Morgan fingerprint density at radius 2 is 1.47 bits per heavy atom. The highest BCUT2D eigenvalue weighted by Crippen LogP contribution is 2.66. The van der Waals surface area contributed by atoms with Gasteiger partial charge in [-0.05, 0) is 105 Å². The predicted octanol–water partition coefficient (Wildman–Crippen LogP) is 5.06. The molecule has 7 aliphatic rings. The van der Waals surface area contributed by atoms with E-state index in [1.54, 1.807) is 0 Å². The first-order valence-corrected chi connectivity index (χ1v) is 19.5. The van der Waals surface area contributed by atoms with Crippen LogP contribution in [-0.2, 0) is 19.1 Å². The zero-order valence-corrected chi connectivity index (χ0v) is 29.8. The van der Waals surface area contributed by atoms with Crippen molar-refractivity contribution in [3.8, 4) is 0 Å². The van der Waals surface area contributed by atoms with Crippen molar-refractivity contribution in [2.45, 2.75) is 90.9 Å². The maximum atomic E-state index is 13.7. The third-order valence-corrected chi connectivity index (χ3v) is 14.3. The van der Waals surface area contributed by atoms with Crippen LogP contribution in [0.2, 0.25) is 0 Å². The second kappa shape index (κ2) is 13.3. The van der Waals surface area contributed by atoms with Crippen molar-refractivity contribution >= 4 is 35.1 Å². The highest BCUT2D eigenvalue weighted by Gasteiger charge is 2.60. The van der Waals surface area contributed by atoms with Gasteiger partial charge in [0.05, 0.1) is 6.54 Å². The van der Waals surface area contributed by atoms with Crippen LogP contribution in [0.15, 0.2) is 17.7 Å². The van der Waals surface area contributed by atoms with Gasteiger partial charge in [-0.1, -0.05) is 19.4 Å². The summed E-state index contributed by atoms with van der Waals surface area (Å²) in [6.45, 7) is 12.1. The summed E-state index contributed by atoms with van der Waals surface area (Å²) < 4.78 is 5.69. The fraction of sp³-hybridized carbons (Fsp3) is 0.769. The van der Waals surface area contributed by atoms with Crippen molar-refractivity contribution in [1.29, 1.82) is 0 Å². The molecule has 8 rings (SSSR count). The van der Waals surface area contributed by atoms with Crippen LogP contribution >= 0.6 is 0 Å². The number of Topliss-reactive ketones (excluding diaryl/α,β-unsaturated/α-hetero) is 1. The number of carbonyl (C=O) groups excluding carboxylic acids is 3. The van der Waals surface area contributed by atoms with Crippen LogP contribution in [0.5, 0.6) is 0 Å². The molecule has 6 atom stereocenters. The lowest BCUT2D eigenvalue weighted by molar-refractivity contribution is -0.152. The summed E-state index contributed by atoms with van der Waals surface area (Å²) >= 11 is 0. The van der Waals surface area contributed by atoms with E-state index >= 15 is 0 Å². The van der Waals surface area contributed by atoms with E-state index in [4.69, 9.17) is 14.7 Å². The van der Waals surface area contributed by atoms with Crippen LogP contribution in [0.3, 0.4) is 0 Å². The summed E-state index contributed by atoms with van der Waals surface area (Å²) in [4.78, 5) is 58.1. The summed E-state index contributed by atoms with van der Waals surface area (Å²) in [6, 6.07) is 2.15. The zero-order chi connectivity index (χ0) is 33.8. The number of ketones is 2. The van der Waals surface area contributed by atoms with Crippen molar-refractivity contribution in [1.82, 2.24) is 14.9 Å². The standard InChI is InChI=1S/C39H56N6O4/c1-38-13-11-28(46)23-27(38)7-8-29-30-9-10-32(39(30,2)14-12-31(29)38)33(47)26-49-36(48)25-42-19-21-44(22-20-42)35-24-34(43-15-3-4-16-43)40-37(41-35)45-17-5-6-18-45/h23-24,29-32H,3-22,25-26H2,1-2H3/t29-,30-,31-,32+,38-,39-/m0/s1. The summed E-state index contributed by atoms with van der Waals surface area (Å²) in [5, 5.41) is 0. The number of piperazine rings is 1. The van der Waals surface area contributed by atoms with E-state index in [1.807, 2.05) is 6.08 Å². The number of anilines is 3. The number of fused-ring (bicyclic) bond motifs is 5. The molecule has 266 valence electrons. The minimum Gasteiger partial charge on any atom is -0.457 e. The largest absolute Gasteiger partial charge is 0.457 e. The molecule has 0 amide bonds. The average molecular weight is 673 g/mol. The van der Waals surface area contributed by atoms with E-state index in [0.717, 1.165) is 115 Å². The summed E-state index contributed by atoms with van der Waals surface area (Å²) in [5.74, 6) is 4.72. The summed E-state index contributed by atoms with van der Waals surface area (Å²) in [6.07, 6.45) is 14.8. The molecule has 3 saturated heterocycles. The van der Waals surface area contributed by atoms with E-state index < -0.39 is 0 Å². The van der Waals surface area contributed by atoms with Crippen LogP contribution in [0.25, 0.3) is 0 Å². The fourth-order valence-corrected chi connectivity index (χ4v) is 11.4. The first-order chi connectivity index (χ1) is 23.7. The maximum absolute atomic E-state index is 13.7. The normalized spacial score (nSPS) is 34.8. The second-order valence-electron chi connectivity index (χ2n) is 16.8. The number of carbonyl (C=O) groups is 3. The highest BCUT2D eigenvalue weighted by atomic mass is 16.5. The smallest absolute Gasteiger partial charge is 0.320 e. The van der Waals surface area contributed by atoms with Gasteiger partial charge in [0.25, 0.3) is 0 Å². The third-order valence-electron chi connectivity index (χ3n) is 14.3. The molecule has 4 heterocycles. The molecule has 0 bridgehead atoms. The van der Waals surface area contributed by atoms with Crippen LogP contribution in [0.4, 0.5) is 17.6 Å². The van der Waals surface area contributed by atoms with Gasteiger partial charge < -0.3 is 19.4 Å². The van der Waals surface area contributed by atoms with Gasteiger partial charge in [-0.3, -0.25) is 19.3 Å². The van der Waals surface area contributed by atoms with Gasteiger partial charge in [0.15, 0.2) is 11.6 Å². The molecule has 4 aliphatic carbocycles. The maximum Gasteiger partial charge on any atom is 0.320 e. The van der Waals surface area contributed by atoms with Crippen molar-refractivity contribution < 1.29 is 19.1 Å². The lowest BCUT2D eigenvalue weighted by Crippen LogP contribution is -2.51. The van der Waals surface area contributed by atoms with Crippen molar-refractivity contribution in [2.75, 3.05) is 80.2 Å². The van der Waals surface area contributed by atoms with Gasteiger partial charge >= 0.3 is 5.97 Å². The highest BCUT2D eigenvalue weighted by molar-refractivity contribution is 5.91. The number of ether oxygens (including phenoxy) is 1. The van der Waals surface area contributed by atoms with Crippen LogP contribution < -0.4 is 14.7 Å². The van der Waals surface area contributed by atoms with Crippen LogP contribution in [0, 0.1) is 34.5 Å². The molecule has 6 fully saturated rings. The topological polar surface area (TPSA) is 99.2 Å². The molecule has 10 nitrogen and oxygen atoms in total. The molecule has 0 radical (unpaired) electrons. The first-order valence-electron chi connectivity index (χ1n) is 19.5. The van der Waals surface area contributed by atoms with Gasteiger partial charge in [0.1, 0.15) is 18.2 Å². The SMILES string of the molecule is C[C@]12CC[C@H]3[C@@H](CCC4=CC(=O)CC[C@@]43C)[C@@H]1CC[C@@H]2C(=O)COC(=O)CN1CCN(c2cc(N3CCCC3)nc(N3CCCC3)n2)CC1. The molecule has 0 unspecified atom stereocenters. The summed E-state index contributed by atoms with van der Waals surface area (Å²) in [7, 11) is 0. The molecular weight excluding hydrogens is 616 g/mol. The Hall–Kier alpha value is -3.01. The van der Waals surface area contributed by atoms with Gasteiger partial charge in [-0.2, -0.15) is 9.97 Å². The Bertz CT molecular complexity index is 1440. The molecule has 0 N–H and O–H groups in total. The fourth-order valence-electron chi connectivity index (χ4n) is 11.4. The van der Waals surface area contributed by atoms with E-state index in [-0.39, 0.29) is 41.7 Å². The number of hydrogen-bond acceptors (Lipinski definition) is 10. The molecule has 3 aliphatic heterocycles. The molecule has 0 aromatic carbocycles. The van der Waals surface area contributed by atoms with E-state index in [2.05, 4.69) is 39.5 Å². The number of hydrogen-bond donors (Lipinski definition) is 0. The van der Waals surface area contributed by atoms with E-state index in [9.17, 15) is 14.4 Å². The molecule has 1 aromatic rings. The van der Waals surface area contributed by atoms with Gasteiger partial charge in [0, 0.05) is 70.8 Å². The predicted molar refractivity (Wildman–Crippen MR) is 190 cm³/mol. The quantitative estimate of drug-likeness (QED) is 0.349. The number of rotatable bonds is 8. The third kappa shape index (κ3) is 6.18. The molecule has 49 heavy (non-hydrogen) atoms. The Balaban J connectivity index is 0.835. The van der Waals surface area contributed by atoms with Gasteiger partial charge in [0.2, 0.25) is 5.95 Å². The van der Waals surface area contributed by atoms with Crippen LogP contribution in [-0.4, -0.2) is 97.9 Å². The Labute approximate surface area is 292 Å².